The van der Waals surface area contributed by atoms with Gasteiger partial charge in [-0.1, -0.05) is 41.4 Å². The maximum Gasteiger partial charge on any atom is 0.437 e. The summed E-state index contributed by atoms with van der Waals surface area (Å²) in [6.07, 6.45) is 4.50. The van der Waals surface area contributed by atoms with E-state index in [0.29, 0.717) is 5.92 Å². The number of nitrogens with zero attached hydrogens (tertiary/aromatic N) is 5. The lowest BCUT2D eigenvalue weighted by molar-refractivity contribution is 0.233. The molecule has 30 heavy (non-hydrogen) atoms. The molecule has 0 N–H and O–H groups in total. The predicted octanol–water partition coefficient (Wildman–Crippen LogP) is 3.07. The van der Waals surface area contributed by atoms with Gasteiger partial charge in [-0.05, 0) is 37.3 Å². The largest absolute Gasteiger partial charge is 0.437 e. The standard InChI is InChI=1S/C21H18ClN5O3/c1-12-2-4-13(5-3-12)14-8-15(9-14)27-21(29)30-17(25-27)10-26-11-24-19-18(20(26)28)16(22)6-7-23-19/h2-7,11,14-15H,8-10H2,1H3/t14-,15-. The minimum Gasteiger partial charge on any atom is -0.390 e. The van der Waals surface area contributed by atoms with Gasteiger partial charge in [-0.15, -0.1) is 5.10 Å². The third kappa shape index (κ3) is 3.23. The minimum absolute atomic E-state index is 0.00796. The van der Waals surface area contributed by atoms with Crippen molar-refractivity contribution in [2.45, 2.75) is 38.3 Å². The van der Waals surface area contributed by atoms with Gasteiger partial charge in [0.25, 0.3) is 5.56 Å². The van der Waals surface area contributed by atoms with Crippen LogP contribution in [0.3, 0.4) is 0 Å². The fraction of sp³-hybridized carbons (Fsp3) is 0.286. The van der Waals surface area contributed by atoms with E-state index in [2.05, 4.69) is 46.3 Å². The van der Waals surface area contributed by atoms with Gasteiger partial charge in [0.2, 0.25) is 5.89 Å². The average Bonchev–Trinajstić information content (AvgIpc) is 3.04. The van der Waals surface area contributed by atoms with Crippen LogP contribution < -0.4 is 11.3 Å². The van der Waals surface area contributed by atoms with Crippen LogP contribution in [0.15, 0.2) is 56.9 Å². The number of hydrogen-bond acceptors (Lipinski definition) is 6. The van der Waals surface area contributed by atoms with Crippen LogP contribution in [0.25, 0.3) is 11.0 Å². The smallest absolute Gasteiger partial charge is 0.390 e. The van der Waals surface area contributed by atoms with E-state index in [-0.39, 0.29) is 40.1 Å². The average molecular weight is 424 g/mol. The summed E-state index contributed by atoms with van der Waals surface area (Å²) in [6.45, 7) is 2.05. The zero-order valence-electron chi connectivity index (χ0n) is 16.2. The van der Waals surface area contributed by atoms with Crippen LogP contribution >= 0.6 is 11.6 Å². The first-order chi connectivity index (χ1) is 14.5. The number of aromatic nitrogens is 5. The van der Waals surface area contributed by atoms with Crippen LogP contribution in [0.4, 0.5) is 0 Å². The molecule has 8 nitrogen and oxygen atoms in total. The van der Waals surface area contributed by atoms with Crippen LogP contribution in [0, 0.1) is 6.92 Å². The first-order valence-electron chi connectivity index (χ1n) is 9.64. The Bertz CT molecular complexity index is 1350. The summed E-state index contributed by atoms with van der Waals surface area (Å²) in [4.78, 5) is 33.2. The summed E-state index contributed by atoms with van der Waals surface area (Å²) in [5, 5.41) is 4.81. The Morgan fingerprint density at radius 1 is 1.13 bits per heavy atom. The van der Waals surface area contributed by atoms with E-state index < -0.39 is 5.76 Å². The number of halogens is 1. The van der Waals surface area contributed by atoms with E-state index in [1.807, 2.05) is 0 Å². The topological polar surface area (TPSA) is 95.8 Å². The van der Waals surface area contributed by atoms with Gasteiger partial charge in [0, 0.05) is 6.20 Å². The number of hydrogen-bond donors (Lipinski definition) is 0. The Kier molecular flexibility index (Phi) is 4.51. The molecular weight excluding hydrogens is 406 g/mol. The van der Waals surface area contributed by atoms with Crippen LogP contribution in [-0.2, 0) is 6.54 Å². The highest BCUT2D eigenvalue weighted by Crippen LogP contribution is 2.43. The lowest BCUT2D eigenvalue weighted by atomic mass is 9.76. The summed E-state index contributed by atoms with van der Waals surface area (Å²) < 4.78 is 7.98. The second kappa shape index (κ2) is 7.21. The van der Waals surface area contributed by atoms with Crippen molar-refractivity contribution in [2.75, 3.05) is 0 Å². The molecule has 0 atom stereocenters. The first-order valence-corrected chi connectivity index (χ1v) is 10.0. The van der Waals surface area contributed by atoms with Crippen molar-refractivity contribution in [2.24, 2.45) is 0 Å². The molecule has 3 heterocycles. The van der Waals surface area contributed by atoms with Gasteiger partial charge in [0.05, 0.1) is 11.1 Å². The van der Waals surface area contributed by atoms with Crippen molar-refractivity contribution < 1.29 is 4.42 Å². The normalized spacial score (nSPS) is 18.5. The fourth-order valence-electron chi connectivity index (χ4n) is 3.82. The zero-order valence-corrected chi connectivity index (χ0v) is 16.9. The van der Waals surface area contributed by atoms with E-state index in [1.165, 1.54) is 39.0 Å². The Labute approximate surface area is 175 Å². The third-order valence-corrected chi connectivity index (χ3v) is 5.91. The molecule has 1 saturated carbocycles. The maximum absolute atomic E-state index is 12.7. The van der Waals surface area contributed by atoms with E-state index in [4.69, 9.17) is 16.0 Å². The molecule has 1 aliphatic carbocycles. The molecule has 0 unspecified atom stereocenters. The number of fused-ring (bicyclic) bond motifs is 1. The Morgan fingerprint density at radius 3 is 2.67 bits per heavy atom. The van der Waals surface area contributed by atoms with Gasteiger partial charge in [-0.2, -0.15) is 4.68 Å². The molecule has 9 heteroatoms. The molecule has 0 aliphatic heterocycles. The molecule has 0 amide bonds. The van der Waals surface area contributed by atoms with E-state index in [1.54, 1.807) is 0 Å². The molecule has 0 spiro atoms. The van der Waals surface area contributed by atoms with Gasteiger partial charge < -0.3 is 4.42 Å². The van der Waals surface area contributed by atoms with Crippen molar-refractivity contribution in [3.05, 3.63) is 85.8 Å². The number of pyridine rings is 1. The summed E-state index contributed by atoms with van der Waals surface area (Å²) in [6, 6.07) is 9.98. The number of rotatable bonds is 4. The van der Waals surface area contributed by atoms with Crippen LogP contribution in [-0.4, -0.2) is 24.3 Å². The molecule has 5 rings (SSSR count). The van der Waals surface area contributed by atoms with Crippen molar-refractivity contribution in [1.82, 2.24) is 24.3 Å². The van der Waals surface area contributed by atoms with Gasteiger partial charge >= 0.3 is 5.76 Å². The first kappa shape index (κ1) is 18.7. The Morgan fingerprint density at radius 2 is 1.90 bits per heavy atom. The molecule has 0 bridgehead atoms. The summed E-state index contributed by atoms with van der Waals surface area (Å²) in [5.74, 6) is 0.0468. The van der Waals surface area contributed by atoms with E-state index >= 15 is 0 Å². The highest BCUT2D eigenvalue weighted by molar-refractivity contribution is 6.35. The van der Waals surface area contributed by atoms with Gasteiger partial charge in [0.1, 0.15) is 18.3 Å². The molecule has 3 aromatic heterocycles. The van der Waals surface area contributed by atoms with Gasteiger partial charge in [0.15, 0.2) is 5.65 Å². The second-order valence-electron chi connectivity index (χ2n) is 7.61. The van der Waals surface area contributed by atoms with E-state index in [0.717, 1.165) is 12.8 Å². The van der Waals surface area contributed by atoms with Crippen molar-refractivity contribution in [3.8, 4) is 0 Å². The van der Waals surface area contributed by atoms with E-state index in [9.17, 15) is 9.59 Å². The molecule has 1 fully saturated rings. The van der Waals surface area contributed by atoms with Gasteiger partial charge in [-0.3, -0.25) is 9.36 Å². The van der Waals surface area contributed by atoms with Crippen LogP contribution in [0.5, 0.6) is 0 Å². The van der Waals surface area contributed by atoms with Crippen molar-refractivity contribution in [1.29, 1.82) is 0 Å². The molecule has 4 aromatic rings. The zero-order chi connectivity index (χ0) is 20.8. The lowest BCUT2D eigenvalue weighted by Gasteiger charge is -2.34. The molecule has 0 saturated heterocycles. The highest BCUT2D eigenvalue weighted by Gasteiger charge is 2.34. The summed E-state index contributed by atoms with van der Waals surface area (Å²) in [5.41, 5.74) is 2.40. The Balaban J connectivity index is 1.36. The minimum atomic E-state index is -0.515. The SMILES string of the molecule is Cc1ccc([C@H]2C[C@H](n3nc(Cn4cnc5nccc(Cl)c5c4=O)oc3=O)C2)cc1. The Hall–Kier alpha value is -3.26. The maximum atomic E-state index is 12.7. The highest BCUT2D eigenvalue weighted by atomic mass is 35.5. The molecule has 1 aromatic carbocycles. The number of aryl methyl sites for hydroxylation is 1. The van der Waals surface area contributed by atoms with Crippen molar-refractivity contribution >= 4 is 22.6 Å². The second-order valence-corrected chi connectivity index (χ2v) is 8.02. The lowest BCUT2D eigenvalue weighted by Crippen LogP contribution is -2.31. The molecule has 152 valence electrons. The quantitative estimate of drug-likeness (QED) is 0.500. The number of benzene rings is 1. The fourth-order valence-corrected chi connectivity index (χ4v) is 4.05. The van der Waals surface area contributed by atoms with Crippen LogP contribution in [0.2, 0.25) is 5.02 Å². The molecule has 0 radical (unpaired) electrons. The molecule has 1 aliphatic rings. The molecular formula is C21H18ClN5O3. The summed E-state index contributed by atoms with van der Waals surface area (Å²) >= 11 is 6.12. The summed E-state index contributed by atoms with van der Waals surface area (Å²) in [7, 11) is 0. The third-order valence-electron chi connectivity index (χ3n) is 5.60. The van der Waals surface area contributed by atoms with Crippen molar-refractivity contribution in [3.63, 3.8) is 0 Å². The van der Waals surface area contributed by atoms with Gasteiger partial charge in [-0.25, -0.2) is 14.8 Å². The van der Waals surface area contributed by atoms with Crippen LogP contribution in [0.1, 0.15) is 41.8 Å². The predicted molar refractivity (Wildman–Crippen MR) is 111 cm³/mol. The monoisotopic (exact) mass is 423 g/mol.